The van der Waals surface area contributed by atoms with Crippen LogP contribution in [0.25, 0.3) is 0 Å². The highest BCUT2D eigenvalue weighted by Crippen LogP contribution is 2.33. The smallest absolute Gasteiger partial charge is 0.412 e. The number of hydrogen-bond acceptors (Lipinski definition) is 6. The summed E-state index contributed by atoms with van der Waals surface area (Å²) in [6, 6.07) is -0.214. The molecule has 2 saturated heterocycles. The molecule has 2 rings (SSSR count). The van der Waals surface area contributed by atoms with Crippen LogP contribution in [0.4, 0.5) is 4.79 Å². The Morgan fingerprint density at radius 1 is 1.38 bits per heavy atom. The maximum absolute atomic E-state index is 12.9. The molecular weight excluding hydrogens is 392 g/mol. The summed E-state index contributed by atoms with van der Waals surface area (Å²) < 4.78 is 11.7. The van der Waals surface area contributed by atoms with E-state index in [1.165, 1.54) is 0 Å². The van der Waals surface area contributed by atoms with Crippen molar-refractivity contribution >= 4 is 23.8 Å². The molecule has 0 bridgehead atoms. The van der Waals surface area contributed by atoms with Gasteiger partial charge in [0.05, 0.1) is 24.3 Å². The number of aliphatic hydroxyl groups is 1. The molecule has 0 aliphatic carbocycles. The van der Waals surface area contributed by atoms with E-state index in [2.05, 4.69) is 15.6 Å². The molecule has 9 heteroatoms. The zero-order valence-corrected chi connectivity index (χ0v) is 19.7. The molecule has 2 aliphatic rings. The van der Waals surface area contributed by atoms with Gasteiger partial charge in [0.25, 0.3) is 0 Å². The van der Waals surface area contributed by atoms with Crippen LogP contribution in [0.15, 0.2) is 4.99 Å². The zero-order chi connectivity index (χ0) is 21.9. The lowest BCUT2D eigenvalue weighted by atomic mass is 10.1. The van der Waals surface area contributed by atoms with Crippen molar-refractivity contribution < 1.29 is 19.4 Å². The Bertz CT molecular complexity index is 600. The molecule has 3 atom stereocenters. The van der Waals surface area contributed by atoms with Gasteiger partial charge >= 0.3 is 6.09 Å². The lowest BCUT2D eigenvalue weighted by molar-refractivity contribution is -0.0755. The van der Waals surface area contributed by atoms with E-state index in [-0.39, 0.29) is 12.1 Å². The van der Waals surface area contributed by atoms with E-state index in [4.69, 9.17) is 9.47 Å². The highest BCUT2D eigenvalue weighted by Gasteiger charge is 2.49. The van der Waals surface area contributed by atoms with Crippen LogP contribution in [0.3, 0.4) is 0 Å². The molecule has 2 fully saturated rings. The molecule has 3 N–H and O–H groups in total. The minimum absolute atomic E-state index is 0.164. The molecule has 2 aliphatic heterocycles. The van der Waals surface area contributed by atoms with Crippen LogP contribution in [0, 0.1) is 0 Å². The summed E-state index contributed by atoms with van der Waals surface area (Å²) in [6.45, 7) is 14.8. The first-order valence-corrected chi connectivity index (χ1v) is 11.5. The average molecular weight is 431 g/mol. The summed E-state index contributed by atoms with van der Waals surface area (Å²) in [4.78, 5) is 19.1. The highest BCUT2D eigenvalue weighted by atomic mass is 32.2. The highest BCUT2D eigenvalue weighted by molar-refractivity contribution is 7.99. The van der Waals surface area contributed by atoms with E-state index >= 15 is 0 Å². The first-order chi connectivity index (χ1) is 13.4. The first-order valence-electron chi connectivity index (χ1n) is 10.4. The quantitative estimate of drug-likeness (QED) is 0.454. The minimum atomic E-state index is -0.764. The molecule has 0 saturated carbocycles. The van der Waals surface area contributed by atoms with Gasteiger partial charge in [0, 0.05) is 18.8 Å². The monoisotopic (exact) mass is 430 g/mol. The van der Waals surface area contributed by atoms with E-state index in [9.17, 15) is 9.90 Å². The standard InChI is InChI=1S/C20H38N4O4S/c1-8-21-16(23-12-20(26)9-10-29-13-20)22-11-15-14(2)27-19(6,7)24(15)17(25)28-18(3,4)5/h14-15,26H,8-13H2,1-7H3,(H2,21,22,23). The van der Waals surface area contributed by atoms with Gasteiger partial charge in [-0.25, -0.2) is 4.79 Å². The third-order valence-electron chi connectivity index (χ3n) is 4.95. The number of nitrogens with one attached hydrogen (secondary N) is 2. The Balaban J connectivity index is 2.08. The molecule has 0 aromatic rings. The maximum atomic E-state index is 12.9. The van der Waals surface area contributed by atoms with Crippen molar-refractivity contribution in [1.29, 1.82) is 0 Å². The Hall–Kier alpha value is -1.19. The van der Waals surface area contributed by atoms with Gasteiger partial charge in [0.2, 0.25) is 0 Å². The van der Waals surface area contributed by atoms with E-state index in [1.54, 1.807) is 16.7 Å². The maximum Gasteiger partial charge on any atom is 0.412 e. The van der Waals surface area contributed by atoms with Crippen molar-refractivity contribution in [2.75, 3.05) is 31.1 Å². The normalized spacial score (nSPS) is 29.8. The molecule has 0 aromatic heterocycles. The molecule has 168 valence electrons. The SMILES string of the molecule is CCNC(=NCC1(O)CCSC1)NCC1C(C)OC(C)(C)N1C(=O)OC(C)(C)C. The predicted octanol–water partition coefficient (Wildman–Crippen LogP) is 2.17. The second-order valence-corrected chi connectivity index (χ2v) is 10.4. The molecule has 2 heterocycles. The molecule has 29 heavy (non-hydrogen) atoms. The number of hydrogen-bond donors (Lipinski definition) is 3. The van der Waals surface area contributed by atoms with Gasteiger partial charge in [-0.1, -0.05) is 0 Å². The third kappa shape index (κ3) is 6.65. The molecule has 1 amide bonds. The van der Waals surface area contributed by atoms with Gasteiger partial charge in [-0.05, 0) is 60.6 Å². The van der Waals surface area contributed by atoms with Crippen molar-refractivity contribution in [1.82, 2.24) is 15.5 Å². The lowest BCUT2D eigenvalue weighted by Crippen LogP contribution is -2.54. The largest absolute Gasteiger partial charge is 0.444 e. The lowest BCUT2D eigenvalue weighted by Gasteiger charge is -2.35. The molecular formula is C20H38N4O4S. The molecule has 0 radical (unpaired) electrons. The van der Waals surface area contributed by atoms with Crippen LogP contribution >= 0.6 is 11.8 Å². The van der Waals surface area contributed by atoms with E-state index < -0.39 is 23.0 Å². The van der Waals surface area contributed by atoms with Gasteiger partial charge in [-0.2, -0.15) is 11.8 Å². The molecule has 3 unspecified atom stereocenters. The zero-order valence-electron chi connectivity index (χ0n) is 18.9. The number of rotatable bonds is 5. The number of carbonyl (C=O) groups excluding carboxylic acids is 1. The van der Waals surface area contributed by atoms with Crippen LogP contribution in [-0.4, -0.2) is 82.3 Å². The molecule has 0 spiro atoms. The summed E-state index contributed by atoms with van der Waals surface area (Å²) in [7, 11) is 0. The number of ether oxygens (including phenoxy) is 2. The van der Waals surface area contributed by atoms with Crippen LogP contribution in [0.2, 0.25) is 0 Å². The number of carbonyl (C=O) groups is 1. The van der Waals surface area contributed by atoms with Crippen LogP contribution in [-0.2, 0) is 9.47 Å². The molecule has 0 aromatic carbocycles. The van der Waals surface area contributed by atoms with Gasteiger partial charge in [-0.15, -0.1) is 0 Å². The second-order valence-electron chi connectivity index (χ2n) is 9.29. The second kappa shape index (κ2) is 9.31. The predicted molar refractivity (Wildman–Crippen MR) is 117 cm³/mol. The topological polar surface area (TPSA) is 95.4 Å². The third-order valence-corrected chi connectivity index (χ3v) is 6.19. The Labute approximate surface area is 179 Å². The fourth-order valence-corrected chi connectivity index (χ4v) is 4.90. The van der Waals surface area contributed by atoms with Gasteiger partial charge < -0.3 is 25.2 Å². The Morgan fingerprint density at radius 2 is 2.07 bits per heavy atom. The fourth-order valence-electron chi connectivity index (χ4n) is 3.61. The van der Waals surface area contributed by atoms with E-state index in [0.717, 1.165) is 12.2 Å². The van der Waals surface area contributed by atoms with Crippen molar-refractivity contribution in [2.24, 2.45) is 4.99 Å². The number of aliphatic imine (C=N–C) groups is 1. The number of amides is 1. The Morgan fingerprint density at radius 3 is 2.62 bits per heavy atom. The van der Waals surface area contributed by atoms with Gasteiger partial charge in [0.15, 0.2) is 5.96 Å². The van der Waals surface area contributed by atoms with Crippen LogP contribution < -0.4 is 10.6 Å². The van der Waals surface area contributed by atoms with Gasteiger partial charge in [-0.3, -0.25) is 9.89 Å². The summed E-state index contributed by atoms with van der Waals surface area (Å²) in [5.41, 5.74) is -2.08. The van der Waals surface area contributed by atoms with Crippen LogP contribution in [0.5, 0.6) is 0 Å². The summed E-state index contributed by atoms with van der Waals surface area (Å²) >= 11 is 1.75. The summed E-state index contributed by atoms with van der Waals surface area (Å²) in [5.74, 6) is 2.30. The van der Waals surface area contributed by atoms with Gasteiger partial charge in [0.1, 0.15) is 11.3 Å². The summed E-state index contributed by atoms with van der Waals surface area (Å²) in [6.07, 6.45) is 0.204. The average Bonchev–Trinajstić information content (AvgIpc) is 3.09. The fraction of sp³-hybridized carbons (Fsp3) is 0.900. The number of guanidine groups is 1. The Kier molecular flexibility index (Phi) is 7.73. The van der Waals surface area contributed by atoms with Crippen LogP contribution in [0.1, 0.15) is 54.9 Å². The van der Waals surface area contributed by atoms with E-state index in [0.29, 0.717) is 31.3 Å². The minimum Gasteiger partial charge on any atom is -0.444 e. The van der Waals surface area contributed by atoms with E-state index in [1.807, 2.05) is 48.5 Å². The van der Waals surface area contributed by atoms with Crippen molar-refractivity contribution in [3.8, 4) is 0 Å². The first kappa shape index (κ1) is 24.1. The number of nitrogens with zero attached hydrogens (tertiary/aromatic N) is 2. The summed E-state index contributed by atoms with van der Waals surface area (Å²) in [5, 5.41) is 17.1. The van der Waals surface area contributed by atoms with Crippen molar-refractivity contribution in [2.45, 2.75) is 84.0 Å². The van der Waals surface area contributed by atoms with Crippen molar-refractivity contribution in [3.05, 3.63) is 0 Å². The number of thioether (sulfide) groups is 1. The van der Waals surface area contributed by atoms with Crippen molar-refractivity contribution in [3.63, 3.8) is 0 Å². The molecule has 8 nitrogen and oxygen atoms in total.